The lowest BCUT2D eigenvalue weighted by Gasteiger charge is -2.08. The lowest BCUT2D eigenvalue weighted by Crippen LogP contribution is -1.87. The lowest BCUT2D eigenvalue weighted by molar-refractivity contribution is 0.479. The van der Waals surface area contributed by atoms with E-state index in [0.717, 1.165) is 21.3 Å². The minimum Gasteiger partial charge on any atom is -0.456 e. The topological polar surface area (TPSA) is 9.23 Å². The molecule has 2 rings (SSSR count). The molecule has 0 spiro atoms. The van der Waals surface area contributed by atoms with Crippen molar-refractivity contribution >= 4 is 54.5 Å². The average molecular weight is 468 g/mol. The van der Waals surface area contributed by atoms with Crippen molar-refractivity contribution in [1.29, 1.82) is 0 Å². The van der Waals surface area contributed by atoms with Gasteiger partial charge in [0.05, 0.1) is 4.47 Å². The summed E-state index contributed by atoms with van der Waals surface area (Å²) in [5.74, 6) is 1.67. The molecule has 0 radical (unpaired) electrons. The van der Waals surface area contributed by atoms with E-state index < -0.39 is 0 Å². The van der Waals surface area contributed by atoms with Gasteiger partial charge in [-0.05, 0) is 80.5 Å². The number of benzene rings is 2. The molecule has 0 fully saturated rings. The summed E-state index contributed by atoms with van der Waals surface area (Å²) in [6.45, 7) is 0. The first kappa shape index (κ1) is 13.4. The molecule has 0 N–H and O–H groups in total. The molecule has 1 nitrogen and oxygen atoms in total. The predicted molar refractivity (Wildman–Crippen MR) is 86.0 cm³/mol. The van der Waals surface area contributed by atoms with Gasteiger partial charge in [0.2, 0.25) is 0 Å². The van der Waals surface area contributed by atoms with Crippen LogP contribution in [0.2, 0.25) is 0 Å². The van der Waals surface area contributed by atoms with Crippen LogP contribution in [0.3, 0.4) is 0 Å². The summed E-state index contributed by atoms with van der Waals surface area (Å²) in [6.07, 6.45) is 0. The molecule has 0 bridgehead atoms. The Morgan fingerprint density at radius 3 is 2.35 bits per heavy atom. The molecule has 17 heavy (non-hydrogen) atoms. The van der Waals surface area contributed by atoms with E-state index in [9.17, 15) is 0 Å². The molecule has 0 saturated heterocycles. The monoisotopic (exact) mass is 466 g/mol. The summed E-state index contributed by atoms with van der Waals surface area (Å²) in [6, 6.07) is 14.0. The zero-order valence-corrected chi connectivity index (χ0v) is 14.1. The molecular formula is C13H9Br2IO. The van der Waals surface area contributed by atoms with Gasteiger partial charge >= 0.3 is 0 Å². The van der Waals surface area contributed by atoms with Gasteiger partial charge < -0.3 is 4.74 Å². The highest BCUT2D eigenvalue weighted by atomic mass is 127. The quantitative estimate of drug-likeness (QED) is 0.413. The van der Waals surface area contributed by atoms with Crippen LogP contribution in [0.15, 0.2) is 46.9 Å². The van der Waals surface area contributed by atoms with Gasteiger partial charge in [-0.1, -0.05) is 22.0 Å². The summed E-state index contributed by atoms with van der Waals surface area (Å²) in [5, 5.41) is 0.843. The molecular weight excluding hydrogens is 459 g/mol. The third kappa shape index (κ3) is 3.69. The molecule has 88 valence electrons. The number of alkyl halides is 1. The fourth-order valence-corrected chi connectivity index (χ4v) is 2.56. The number of ether oxygens (including phenoxy) is 1. The fraction of sp³-hybridized carbons (Fsp3) is 0.0769. The second-order valence-electron chi connectivity index (χ2n) is 3.45. The van der Waals surface area contributed by atoms with Gasteiger partial charge in [0.15, 0.2) is 0 Å². The smallest absolute Gasteiger partial charge is 0.141 e. The van der Waals surface area contributed by atoms with Crippen molar-refractivity contribution in [1.82, 2.24) is 0 Å². The van der Waals surface area contributed by atoms with Crippen LogP contribution in [0.5, 0.6) is 11.5 Å². The minimum atomic E-state index is 0.830. The number of halogens is 3. The second kappa shape index (κ2) is 6.20. The number of rotatable bonds is 3. The lowest BCUT2D eigenvalue weighted by atomic mass is 10.2. The van der Waals surface area contributed by atoms with Gasteiger partial charge in [-0.15, -0.1) is 0 Å². The summed E-state index contributed by atoms with van der Waals surface area (Å²) in [4.78, 5) is 0. The highest BCUT2D eigenvalue weighted by Gasteiger charge is 2.03. The molecule has 2 aromatic rings. The highest BCUT2D eigenvalue weighted by Crippen LogP contribution is 2.31. The zero-order chi connectivity index (χ0) is 12.3. The Hall–Kier alpha value is -0.0700. The molecule has 0 aromatic heterocycles. The van der Waals surface area contributed by atoms with Crippen molar-refractivity contribution in [2.45, 2.75) is 5.33 Å². The van der Waals surface area contributed by atoms with E-state index in [0.29, 0.717) is 0 Å². The van der Waals surface area contributed by atoms with Crippen molar-refractivity contribution < 1.29 is 4.74 Å². The molecule has 0 amide bonds. The van der Waals surface area contributed by atoms with Gasteiger partial charge in [0.25, 0.3) is 0 Å². The number of hydrogen-bond donors (Lipinski definition) is 0. The maximum absolute atomic E-state index is 5.80. The van der Waals surface area contributed by atoms with Crippen molar-refractivity contribution in [3.05, 3.63) is 56.1 Å². The van der Waals surface area contributed by atoms with Crippen LogP contribution in [0, 0.1) is 3.57 Å². The molecule has 0 heterocycles. The van der Waals surface area contributed by atoms with Crippen LogP contribution < -0.4 is 4.74 Å². The normalized spacial score (nSPS) is 10.3. The van der Waals surface area contributed by atoms with Gasteiger partial charge in [-0.2, -0.15) is 0 Å². The predicted octanol–water partition coefficient (Wildman–Crippen LogP) is 5.74. The van der Waals surface area contributed by atoms with Crippen LogP contribution >= 0.6 is 54.5 Å². The van der Waals surface area contributed by atoms with E-state index >= 15 is 0 Å². The molecule has 2 aromatic carbocycles. The van der Waals surface area contributed by atoms with Crippen molar-refractivity contribution in [2.24, 2.45) is 0 Å². The summed E-state index contributed by atoms with van der Waals surface area (Å²) >= 11 is 9.21. The highest BCUT2D eigenvalue weighted by molar-refractivity contribution is 14.1. The van der Waals surface area contributed by atoms with E-state index in [4.69, 9.17) is 4.74 Å². The Kier molecular flexibility index (Phi) is 4.87. The summed E-state index contributed by atoms with van der Waals surface area (Å²) in [5.41, 5.74) is 1.21. The third-order valence-electron chi connectivity index (χ3n) is 2.19. The molecule has 0 aliphatic heterocycles. The van der Waals surface area contributed by atoms with Crippen molar-refractivity contribution in [3.8, 4) is 11.5 Å². The molecule has 0 aliphatic rings. The van der Waals surface area contributed by atoms with Gasteiger partial charge in [-0.3, -0.25) is 0 Å². The largest absolute Gasteiger partial charge is 0.456 e. The molecule has 4 heteroatoms. The van der Waals surface area contributed by atoms with Crippen LogP contribution in [-0.2, 0) is 5.33 Å². The van der Waals surface area contributed by atoms with E-state index in [1.807, 2.05) is 36.4 Å². The summed E-state index contributed by atoms with van der Waals surface area (Å²) in [7, 11) is 0. The van der Waals surface area contributed by atoms with Gasteiger partial charge in [-0.25, -0.2) is 0 Å². The molecule has 0 saturated carbocycles. The van der Waals surface area contributed by atoms with E-state index in [1.165, 1.54) is 9.13 Å². The van der Waals surface area contributed by atoms with Gasteiger partial charge in [0, 0.05) is 8.90 Å². The standard InChI is InChI=1S/C13H9Br2IO/c14-8-9-1-6-13(12(15)7-9)17-11-4-2-10(16)3-5-11/h1-7H,8H2. The zero-order valence-electron chi connectivity index (χ0n) is 8.79. The number of hydrogen-bond acceptors (Lipinski definition) is 1. The SMILES string of the molecule is BrCc1ccc(Oc2ccc(I)cc2)c(Br)c1. The van der Waals surface area contributed by atoms with E-state index in [1.54, 1.807) is 0 Å². The first-order valence-corrected chi connectivity index (χ1v) is 7.96. The van der Waals surface area contributed by atoms with Crippen LogP contribution in [0.1, 0.15) is 5.56 Å². The van der Waals surface area contributed by atoms with Crippen LogP contribution in [0.25, 0.3) is 0 Å². The first-order chi connectivity index (χ1) is 8.19. The fourth-order valence-electron chi connectivity index (χ4n) is 1.34. The van der Waals surface area contributed by atoms with E-state index in [-0.39, 0.29) is 0 Å². The minimum absolute atomic E-state index is 0.830. The second-order valence-corrected chi connectivity index (χ2v) is 6.12. The maximum atomic E-state index is 5.80. The van der Waals surface area contributed by atoms with Crippen LogP contribution in [0.4, 0.5) is 0 Å². The molecule has 0 atom stereocenters. The van der Waals surface area contributed by atoms with E-state index in [2.05, 4.69) is 60.5 Å². The maximum Gasteiger partial charge on any atom is 0.141 e. The third-order valence-corrected chi connectivity index (χ3v) is 4.18. The average Bonchev–Trinajstić information content (AvgIpc) is 2.34. The Morgan fingerprint density at radius 1 is 1.06 bits per heavy atom. The Bertz CT molecular complexity index is 511. The van der Waals surface area contributed by atoms with Crippen LogP contribution in [-0.4, -0.2) is 0 Å². The Morgan fingerprint density at radius 2 is 1.76 bits per heavy atom. The molecule has 0 unspecified atom stereocenters. The van der Waals surface area contributed by atoms with Crippen molar-refractivity contribution in [2.75, 3.05) is 0 Å². The Labute approximate surface area is 131 Å². The van der Waals surface area contributed by atoms with Crippen molar-refractivity contribution in [3.63, 3.8) is 0 Å². The summed E-state index contributed by atoms with van der Waals surface area (Å²) < 4.78 is 7.96. The molecule has 0 aliphatic carbocycles. The van der Waals surface area contributed by atoms with Gasteiger partial charge in [0.1, 0.15) is 11.5 Å². The Balaban J connectivity index is 2.21. The first-order valence-electron chi connectivity index (χ1n) is 4.97.